The maximum Gasteiger partial charge on any atom is 0.416 e. The summed E-state index contributed by atoms with van der Waals surface area (Å²) in [5.41, 5.74) is -0.745. The number of halogens is 3. The van der Waals surface area contributed by atoms with Crippen molar-refractivity contribution in [3.63, 3.8) is 0 Å². The third-order valence-corrected chi connectivity index (χ3v) is 3.88. The van der Waals surface area contributed by atoms with Crippen LogP contribution in [0.3, 0.4) is 0 Å². The first kappa shape index (κ1) is 20.9. The number of hydrogen-bond donors (Lipinski definition) is 1. The monoisotopic (exact) mass is 415 g/mol. The van der Waals surface area contributed by atoms with E-state index < -0.39 is 30.2 Å². The first-order chi connectivity index (χ1) is 14.3. The number of benzene rings is 3. The van der Waals surface area contributed by atoms with Gasteiger partial charge in [-0.1, -0.05) is 24.3 Å². The van der Waals surface area contributed by atoms with E-state index >= 15 is 0 Å². The van der Waals surface area contributed by atoms with Crippen LogP contribution in [0.5, 0.6) is 11.5 Å². The van der Waals surface area contributed by atoms with Crippen molar-refractivity contribution < 1.29 is 32.2 Å². The number of hydrogen-bond acceptors (Lipinski definition) is 4. The molecule has 0 spiro atoms. The average molecular weight is 415 g/mol. The van der Waals surface area contributed by atoms with Gasteiger partial charge in [0.05, 0.1) is 11.1 Å². The summed E-state index contributed by atoms with van der Waals surface area (Å²) in [6.07, 6.45) is -4.52. The molecule has 0 atom stereocenters. The van der Waals surface area contributed by atoms with Gasteiger partial charge in [-0.2, -0.15) is 13.2 Å². The van der Waals surface area contributed by atoms with Gasteiger partial charge in [-0.15, -0.1) is 0 Å². The van der Waals surface area contributed by atoms with Crippen molar-refractivity contribution in [2.24, 2.45) is 0 Å². The second-order valence-electron chi connectivity index (χ2n) is 6.14. The summed E-state index contributed by atoms with van der Waals surface area (Å²) in [6, 6.07) is 19.3. The average Bonchev–Trinajstić information content (AvgIpc) is 2.73. The van der Waals surface area contributed by atoms with Gasteiger partial charge in [0.2, 0.25) is 0 Å². The van der Waals surface area contributed by atoms with E-state index in [0.717, 1.165) is 12.1 Å². The minimum Gasteiger partial charge on any atom is -0.457 e. The van der Waals surface area contributed by atoms with Gasteiger partial charge in [-0.25, -0.2) is 4.79 Å². The smallest absolute Gasteiger partial charge is 0.416 e. The Morgan fingerprint density at radius 1 is 0.833 bits per heavy atom. The maximum absolute atomic E-state index is 12.7. The molecule has 0 bridgehead atoms. The Kier molecular flexibility index (Phi) is 6.36. The Morgan fingerprint density at radius 2 is 1.50 bits per heavy atom. The van der Waals surface area contributed by atoms with Crippen LogP contribution >= 0.6 is 0 Å². The van der Waals surface area contributed by atoms with E-state index in [0.29, 0.717) is 11.5 Å². The highest BCUT2D eigenvalue weighted by Gasteiger charge is 2.30. The summed E-state index contributed by atoms with van der Waals surface area (Å²) >= 11 is 0. The fraction of sp³-hybridized carbons (Fsp3) is 0.0909. The van der Waals surface area contributed by atoms with Gasteiger partial charge in [0, 0.05) is 5.69 Å². The summed E-state index contributed by atoms with van der Waals surface area (Å²) in [6.45, 7) is -0.642. The molecule has 0 fully saturated rings. The van der Waals surface area contributed by atoms with Crippen molar-refractivity contribution >= 4 is 17.6 Å². The molecular weight excluding hydrogens is 399 g/mol. The summed E-state index contributed by atoms with van der Waals surface area (Å²) < 4.78 is 48.6. The van der Waals surface area contributed by atoms with Gasteiger partial charge in [0.25, 0.3) is 5.91 Å². The van der Waals surface area contributed by atoms with Crippen molar-refractivity contribution in [1.82, 2.24) is 0 Å². The highest BCUT2D eigenvalue weighted by atomic mass is 19.4. The molecule has 3 aromatic rings. The molecule has 0 heterocycles. The lowest BCUT2D eigenvalue weighted by Crippen LogP contribution is -2.21. The second-order valence-corrected chi connectivity index (χ2v) is 6.14. The van der Waals surface area contributed by atoms with Crippen LogP contribution in [0.15, 0.2) is 78.9 Å². The van der Waals surface area contributed by atoms with Crippen molar-refractivity contribution in [1.29, 1.82) is 0 Å². The molecule has 0 aromatic heterocycles. The van der Waals surface area contributed by atoms with E-state index in [4.69, 9.17) is 9.47 Å². The quantitative estimate of drug-likeness (QED) is 0.556. The first-order valence-electron chi connectivity index (χ1n) is 8.78. The number of nitrogens with one attached hydrogen (secondary N) is 1. The fourth-order valence-electron chi connectivity index (χ4n) is 2.47. The normalized spacial score (nSPS) is 10.9. The Bertz CT molecular complexity index is 1020. The number of para-hydroxylation sites is 1. The summed E-state index contributed by atoms with van der Waals surface area (Å²) in [4.78, 5) is 23.9. The van der Waals surface area contributed by atoms with Crippen LogP contribution in [0.1, 0.15) is 15.9 Å². The molecule has 3 rings (SSSR count). The van der Waals surface area contributed by atoms with Crippen molar-refractivity contribution in [2.45, 2.75) is 6.18 Å². The van der Waals surface area contributed by atoms with Crippen LogP contribution in [0.25, 0.3) is 0 Å². The molecular formula is C22H16F3NO4. The maximum atomic E-state index is 12.7. The zero-order chi connectivity index (χ0) is 21.6. The Balaban J connectivity index is 1.52. The largest absolute Gasteiger partial charge is 0.457 e. The van der Waals surface area contributed by atoms with Gasteiger partial charge in [0.15, 0.2) is 6.61 Å². The third-order valence-electron chi connectivity index (χ3n) is 3.88. The molecule has 0 aliphatic rings. The van der Waals surface area contributed by atoms with E-state index in [1.807, 2.05) is 18.2 Å². The van der Waals surface area contributed by atoms with Gasteiger partial charge >= 0.3 is 12.1 Å². The zero-order valence-electron chi connectivity index (χ0n) is 15.5. The zero-order valence-corrected chi connectivity index (χ0v) is 15.5. The lowest BCUT2D eigenvalue weighted by atomic mass is 10.2. The second kappa shape index (κ2) is 9.13. The number of ether oxygens (including phenoxy) is 2. The van der Waals surface area contributed by atoms with E-state index in [9.17, 15) is 22.8 Å². The SMILES string of the molecule is O=C(COC(=O)c1ccc(Oc2ccccc2)cc1)Nc1cccc(C(F)(F)F)c1. The fourth-order valence-corrected chi connectivity index (χ4v) is 2.47. The Morgan fingerprint density at radius 3 is 2.17 bits per heavy atom. The summed E-state index contributed by atoms with van der Waals surface area (Å²) in [5.74, 6) is -0.355. The van der Waals surface area contributed by atoms with Gasteiger partial charge in [-0.05, 0) is 54.6 Å². The van der Waals surface area contributed by atoms with Crippen molar-refractivity contribution in [3.8, 4) is 11.5 Å². The molecule has 5 nitrogen and oxygen atoms in total. The lowest BCUT2D eigenvalue weighted by Gasteiger charge is -2.10. The third kappa shape index (κ3) is 5.84. The Hall–Kier alpha value is -3.81. The minimum absolute atomic E-state index is 0.0479. The molecule has 30 heavy (non-hydrogen) atoms. The predicted octanol–water partition coefficient (Wildman–Crippen LogP) is 5.29. The van der Waals surface area contributed by atoms with Crippen LogP contribution in [0.2, 0.25) is 0 Å². The molecule has 1 amide bonds. The van der Waals surface area contributed by atoms with Crippen LogP contribution < -0.4 is 10.1 Å². The van der Waals surface area contributed by atoms with E-state index in [2.05, 4.69) is 5.32 Å². The van der Waals surface area contributed by atoms with E-state index in [-0.39, 0.29) is 11.3 Å². The van der Waals surface area contributed by atoms with Crippen molar-refractivity contribution in [3.05, 3.63) is 90.0 Å². The predicted molar refractivity (Wildman–Crippen MR) is 103 cm³/mol. The van der Waals surface area contributed by atoms with Gasteiger partial charge in [-0.3, -0.25) is 4.79 Å². The minimum atomic E-state index is -4.52. The molecule has 0 unspecified atom stereocenters. The van der Waals surface area contributed by atoms with E-state index in [1.165, 1.54) is 24.3 Å². The number of carbonyl (C=O) groups is 2. The summed E-state index contributed by atoms with van der Waals surface area (Å²) in [5, 5.41) is 2.26. The van der Waals surface area contributed by atoms with Crippen LogP contribution in [0, 0.1) is 0 Å². The number of esters is 1. The molecule has 3 aromatic carbocycles. The van der Waals surface area contributed by atoms with E-state index in [1.54, 1.807) is 24.3 Å². The summed E-state index contributed by atoms with van der Waals surface area (Å²) in [7, 11) is 0. The molecule has 0 radical (unpaired) electrons. The molecule has 154 valence electrons. The highest BCUT2D eigenvalue weighted by molar-refractivity contribution is 5.95. The molecule has 8 heteroatoms. The Labute approximate surface area is 170 Å². The highest BCUT2D eigenvalue weighted by Crippen LogP contribution is 2.30. The van der Waals surface area contributed by atoms with Crippen molar-refractivity contribution in [2.75, 3.05) is 11.9 Å². The molecule has 1 N–H and O–H groups in total. The van der Waals surface area contributed by atoms with Crippen LogP contribution in [-0.4, -0.2) is 18.5 Å². The number of carbonyl (C=O) groups excluding carboxylic acids is 2. The lowest BCUT2D eigenvalue weighted by molar-refractivity contribution is -0.137. The standard InChI is InChI=1S/C22H16F3NO4/c23-22(24,25)16-5-4-6-17(13-16)26-20(27)14-29-21(28)15-9-11-19(12-10-15)30-18-7-2-1-3-8-18/h1-13H,14H2,(H,26,27). The number of amides is 1. The first-order valence-corrected chi connectivity index (χ1v) is 8.78. The molecule has 0 aliphatic heterocycles. The molecule has 0 saturated heterocycles. The topological polar surface area (TPSA) is 64.6 Å². The number of alkyl halides is 3. The molecule has 0 aliphatic carbocycles. The van der Waals surface area contributed by atoms with Crippen LogP contribution in [0.4, 0.5) is 18.9 Å². The molecule has 0 saturated carbocycles. The van der Waals surface area contributed by atoms with Gasteiger partial charge in [0.1, 0.15) is 11.5 Å². The number of rotatable bonds is 6. The van der Waals surface area contributed by atoms with Crippen LogP contribution in [-0.2, 0) is 15.7 Å². The number of anilines is 1. The van der Waals surface area contributed by atoms with Gasteiger partial charge < -0.3 is 14.8 Å².